The lowest BCUT2D eigenvalue weighted by molar-refractivity contribution is 0.0590. The van der Waals surface area contributed by atoms with Crippen LogP contribution in [0.5, 0.6) is 0 Å². The van der Waals surface area contributed by atoms with Gasteiger partial charge in [0.25, 0.3) is 0 Å². The van der Waals surface area contributed by atoms with Crippen molar-refractivity contribution in [3.05, 3.63) is 75.8 Å². The van der Waals surface area contributed by atoms with Gasteiger partial charge in [-0.1, -0.05) is 18.2 Å². The van der Waals surface area contributed by atoms with Gasteiger partial charge in [0, 0.05) is 16.6 Å². The highest BCUT2D eigenvalue weighted by atomic mass is 19.1. The molecule has 4 nitrogen and oxygen atoms in total. The van der Waals surface area contributed by atoms with E-state index in [0.29, 0.717) is 16.6 Å². The average molecular weight is 311 g/mol. The van der Waals surface area contributed by atoms with Crippen LogP contribution in [0.3, 0.4) is 0 Å². The summed E-state index contributed by atoms with van der Waals surface area (Å²) >= 11 is 0. The minimum atomic E-state index is -0.644. The molecule has 0 aliphatic rings. The summed E-state index contributed by atoms with van der Waals surface area (Å²) in [5.74, 6) is -1.13. The Labute approximate surface area is 131 Å². The molecule has 3 aromatic rings. The number of halogens is 1. The van der Waals surface area contributed by atoms with Gasteiger partial charge in [-0.25, -0.2) is 9.18 Å². The van der Waals surface area contributed by atoms with Crippen LogP contribution in [0.15, 0.2) is 53.3 Å². The van der Waals surface area contributed by atoms with Crippen molar-refractivity contribution >= 4 is 16.9 Å². The molecule has 1 heterocycles. The van der Waals surface area contributed by atoms with Gasteiger partial charge < -0.3 is 9.30 Å². The first-order valence-electron chi connectivity index (χ1n) is 7.03. The van der Waals surface area contributed by atoms with E-state index in [1.165, 1.54) is 25.3 Å². The Hall–Kier alpha value is -2.95. The van der Waals surface area contributed by atoms with E-state index >= 15 is 0 Å². The van der Waals surface area contributed by atoms with Gasteiger partial charge >= 0.3 is 5.97 Å². The number of benzene rings is 2. The average Bonchev–Trinajstić information content (AvgIpc) is 2.57. The number of methoxy groups -OCH3 is 1. The largest absolute Gasteiger partial charge is 0.464 e. The summed E-state index contributed by atoms with van der Waals surface area (Å²) in [6.07, 6.45) is 0. The second kappa shape index (κ2) is 5.68. The van der Waals surface area contributed by atoms with Crippen molar-refractivity contribution in [1.82, 2.24) is 4.57 Å². The summed E-state index contributed by atoms with van der Waals surface area (Å²) in [5, 5.41) is 0.348. The minimum absolute atomic E-state index is 0.0989. The van der Waals surface area contributed by atoms with E-state index in [-0.39, 0.29) is 16.7 Å². The molecule has 0 bridgehead atoms. The van der Waals surface area contributed by atoms with Gasteiger partial charge in [-0.05, 0) is 37.3 Å². The lowest BCUT2D eigenvalue weighted by atomic mass is 10.1. The summed E-state index contributed by atoms with van der Waals surface area (Å²) < 4.78 is 20.1. The zero-order valence-corrected chi connectivity index (χ0v) is 12.7. The van der Waals surface area contributed by atoms with Crippen molar-refractivity contribution in [3.63, 3.8) is 0 Å². The third-order valence-corrected chi connectivity index (χ3v) is 3.76. The molecule has 2 aromatic carbocycles. The Kier molecular flexibility index (Phi) is 3.70. The molecule has 0 saturated heterocycles. The van der Waals surface area contributed by atoms with Gasteiger partial charge in [0.1, 0.15) is 11.5 Å². The lowest BCUT2D eigenvalue weighted by Gasteiger charge is -2.18. The molecule has 116 valence electrons. The first kappa shape index (κ1) is 15.0. The van der Waals surface area contributed by atoms with Gasteiger partial charge in [0.05, 0.1) is 12.6 Å². The molecule has 1 aromatic heterocycles. The van der Waals surface area contributed by atoms with Crippen molar-refractivity contribution in [2.45, 2.75) is 6.92 Å². The first-order valence-corrected chi connectivity index (χ1v) is 7.03. The highest BCUT2D eigenvalue weighted by Gasteiger charge is 2.21. The first-order chi connectivity index (χ1) is 11.0. The number of nitrogens with zero attached hydrogens (tertiary/aromatic N) is 1. The summed E-state index contributed by atoms with van der Waals surface area (Å²) in [4.78, 5) is 24.8. The van der Waals surface area contributed by atoms with E-state index in [9.17, 15) is 14.0 Å². The number of rotatable bonds is 2. The summed E-state index contributed by atoms with van der Waals surface area (Å²) in [5.41, 5.74) is 1.02. The fourth-order valence-electron chi connectivity index (χ4n) is 2.67. The van der Waals surface area contributed by atoms with Crippen LogP contribution in [0.1, 0.15) is 16.1 Å². The van der Waals surface area contributed by atoms with Crippen molar-refractivity contribution in [3.8, 4) is 5.69 Å². The number of aromatic nitrogens is 1. The molecule has 0 aliphatic heterocycles. The Morgan fingerprint density at radius 1 is 1.13 bits per heavy atom. The topological polar surface area (TPSA) is 48.3 Å². The van der Waals surface area contributed by atoms with E-state index in [2.05, 4.69) is 0 Å². The molecule has 5 heteroatoms. The summed E-state index contributed by atoms with van der Waals surface area (Å²) in [6.45, 7) is 1.57. The molecule has 0 fully saturated rings. The number of esters is 1. The molecular weight excluding hydrogens is 297 g/mol. The van der Waals surface area contributed by atoms with E-state index in [0.717, 1.165) is 0 Å². The van der Waals surface area contributed by atoms with E-state index in [4.69, 9.17) is 4.74 Å². The zero-order chi connectivity index (χ0) is 16.6. The Balaban J connectivity index is 2.56. The van der Waals surface area contributed by atoms with Crippen LogP contribution in [0.2, 0.25) is 0 Å². The van der Waals surface area contributed by atoms with Crippen LogP contribution in [0.25, 0.3) is 16.6 Å². The normalized spacial score (nSPS) is 10.7. The number of para-hydroxylation sites is 1. The van der Waals surface area contributed by atoms with Crippen LogP contribution >= 0.6 is 0 Å². The molecule has 0 radical (unpaired) electrons. The molecule has 23 heavy (non-hydrogen) atoms. The molecule has 0 atom stereocenters. The second-order valence-electron chi connectivity index (χ2n) is 5.13. The van der Waals surface area contributed by atoms with Gasteiger partial charge in [-0.2, -0.15) is 0 Å². The number of hydrogen-bond donors (Lipinski definition) is 0. The highest BCUT2D eigenvalue weighted by Crippen LogP contribution is 2.23. The standard InChI is InChI=1S/C18H14FNO3/c1-11-16(18(22)23-2)20(13-6-4-3-5-7-13)15-10-12(19)8-9-14(15)17(11)21/h3-10H,1-2H3. The summed E-state index contributed by atoms with van der Waals surface area (Å²) in [7, 11) is 1.25. The maximum absolute atomic E-state index is 13.7. The van der Waals surface area contributed by atoms with Gasteiger partial charge in [-0.3, -0.25) is 4.79 Å². The van der Waals surface area contributed by atoms with E-state index in [1.807, 2.05) is 6.07 Å². The number of carbonyl (C=O) groups is 1. The minimum Gasteiger partial charge on any atom is -0.464 e. The fourth-order valence-corrected chi connectivity index (χ4v) is 2.67. The van der Waals surface area contributed by atoms with Crippen molar-refractivity contribution in [2.24, 2.45) is 0 Å². The molecular formula is C18H14FNO3. The number of fused-ring (bicyclic) bond motifs is 1. The van der Waals surface area contributed by atoms with Crippen LogP contribution < -0.4 is 5.43 Å². The zero-order valence-electron chi connectivity index (χ0n) is 12.7. The maximum atomic E-state index is 13.7. The number of hydrogen-bond acceptors (Lipinski definition) is 3. The Bertz CT molecular complexity index is 961. The third-order valence-electron chi connectivity index (χ3n) is 3.76. The number of ether oxygens (including phenoxy) is 1. The lowest BCUT2D eigenvalue weighted by Crippen LogP contribution is -2.22. The summed E-state index contributed by atoms with van der Waals surface area (Å²) in [6, 6.07) is 12.9. The molecule has 0 N–H and O–H groups in total. The van der Waals surface area contributed by atoms with E-state index in [1.54, 1.807) is 35.8 Å². The van der Waals surface area contributed by atoms with Crippen molar-refractivity contribution in [1.29, 1.82) is 0 Å². The quantitative estimate of drug-likeness (QED) is 0.683. The Morgan fingerprint density at radius 2 is 1.83 bits per heavy atom. The molecule has 0 aliphatic carbocycles. The molecule has 3 rings (SSSR count). The maximum Gasteiger partial charge on any atom is 0.355 e. The molecule has 0 saturated carbocycles. The van der Waals surface area contributed by atoms with Crippen LogP contribution in [0.4, 0.5) is 4.39 Å². The smallest absolute Gasteiger partial charge is 0.355 e. The SMILES string of the molecule is COC(=O)c1c(C)c(=O)c2ccc(F)cc2n1-c1ccccc1. The predicted octanol–water partition coefficient (Wildman–Crippen LogP) is 3.22. The van der Waals surface area contributed by atoms with Crippen LogP contribution in [-0.4, -0.2) is 17.6 Å². The monoisotopic (exact) mass is 311 g/mol. The van der Waals surface area contributed by atoms with Crippen LogP contribution in [0, 0.1) is 12.7 Å². The molecule has 0 unspecified atom stereocenters. The third kappa shape index (κ3) is 2.40. The Morgan fingerprint density at radius 3 is 2.48 bits per heavy atom. The second-order valence-corrected chi connectivity index (χ2v) is 5.13. The van der Waals surface area contributed by atoms with Gasteiger partial charge in [0.2, 0.25) is 0 Å². The predicted molar refractivity (Wildman–Crippen MR) is 85.6 cm³/mol. The van der Waals surface area contributed by atoms with Crippen LogP contribution in [-0.2, 0) is 4.74 Å². The molecule has 0 amide bonds. The number of pyridine rings is 1. The molecule has 0 spiro atoms. The van der Waals surface area contributed by atoms with Gasteiger partial charge in [-0.15, -0.1) is 0 Å². The number of carbonyl (C=O) groups excluding carboxylic acids is 1. The van der Waals surface area contributed by atoms with Crippen molar-refractivity contribution in [2.75, 3.05) is 7.11 Å². The fraction of sp³-hybridized carbons (Fsp3) is 0.111. The van der Waals surface area contributed by atoms with E-state index < -0.39 is 11.8 Å². The highest BCUT2D eigenvalue weighted by molar-refractivity contribution is 5.95. The van der Waals surface area contributed by atoms with Crippen molar-refractivity contribution < 1.29 is 13.9 Å². The van der Waals surface area contributed by atoms with Gasteiger partial charge in [0.15, 0.2) is 5.43 Å².